The first-order valence-corrected chi connectivity index (χ1v) is 13.3. The summed E-state index contributed by atoms with van der Waals surface area (Å²) in [5, 5.41) is 11.0. The largest absolute Gasteiger partial charge is 0.497 e. The number of benzene rings is 2. The third-order valence-electron chi connectivity index (χ3n) is 4.83. The number of hydrogen-bond donors (Lipinski definition) is 1. The maximum atomic E-state index is 13.5. The SMILES string of the molecule is CCSc1nnc(NC(=O)[C@@H]2CN(S(=O)(=O)c3ccc(OC)cc3)c3cc(C)ccc3O2)s1. The molecule has 1 N–H and O–H groups in total. The maximum absolute atomic E-state index is 13.5. The van der Waals surface area contributed by atoms with Crippen LogP contribution < -0.4 is 19.1 Å². The molecule has 0 fully saturated rings. The average molecular weight is 507 g/mol. The van der Waals surface area contributed by atoms with Gasteiger partial charge in [0.2, 0.25) is 5.13 Å². The quantitative estimate of drug-likeness (QED) is 0.383. The Morgan fingerprint density at radius 3 is 2.73 bits per heavy atom. The van der Waals surface area contributed by atoms with Crippen molar-refractivity contribution < 1.29 is 22.7 Å². The molecular formula is C21H22N4O5S3. The Morgan fingerprint density at radius 1 is 1.27 bits per heavy atom. The summed E-state index contributed by atoms with van der Waals surface area (Å²) in [5.41, 5.74) is 1.25. The number of aromatic nitrogens is 2. The first-order chi connectivity index (χ1) is 15.8. The van der Waals surface area contributed by atoms with Crippen LogP contribution in [0.3, 0.4) is 0 Å². The fraction of sp³-hybridized carbons (Fsp3) is 0.286. The van der Waals surface area contributed by atoms with Crippen molar-refractivity contribution in [1.29, 1.82) is 0 Å². The van der Waals surface area contributed by atoms with E-state index in [0.717, 1.165) is 15.7 Å². The fourth-order valence-electron chi connectivity index (χ4n) is 3.23. The van der Waals surface area contributed by atoms with Gasteiger partial charge in [0.15, 0.2) is 10.4 Å². The lowest BCUT2D eigenvalue weighted by Crippen LogP contribution is -2.48. The molecule has 2 heterocycles. The van der Waals surface area contributed by atoms with Gasteiger partial charge in [-0.05, 0) is 54.6 Å². The van der Waals surface area contributed by atoms with Crippen LogP contribution in [-0.4, -0.2) is 50.0 Å². The Bertz CT molecular complexity index is 1260. The highest BCUT2D eigenvalue weighted by Gasteiger charge is 2.38. The first-order valence-electron chi connectivity index (χ1n) is 10.0. The van der Waals surface area contributed by atoms with Gasteiger partial charge in [-0.25, -0.2) is 8.42 Å². The monoisotopic (exact) mass is 506 g/mol. The van der Waals surface area contributed by atoms with Crippen molar-refractivity contribution >= 4 is 49.8 Å². The molecule has 0 bridgehead atoms. The van der Waals surface area contributed by atoms with Gasteiger partial charge >= 0.3 is 0 Å². The van der Waals surface area contributed by atoms with Gasteiger partial charge in [-0.3, -0.25) is 14.4 Å². The lowest BCUT2D eigenvalue weighted by atomic mass is 10.1. The Balaban J connectivity index is 1.64. The molecule has 2 aromatic carbocycles. The molecule has 1 amide bonds. The predicted octanol–water partition coefficient (Wildman–Crippen LogP) is 3.56. The first kappa shape index (κ1) is 23.3. The van der Waals surface area contributed by atoms with Crippen LogP contribution in [0.5, 0.6) is 11.5 Å². The zero-order valence-electron chi connectivity index (χ0n) is 18.1. The molecule has 1 aromatic heterocycles. The normalized spacial score (nSPS) is 15.5. The van der Waals surface area contributed by atoms with Crippen LogP contribution in [0.4, 0.5) is 10.8 Å². The summed E-state index contributed by atoms with van der Waals surface area (Å²) in [6.45, 7) is 3.67. The van der Waals surface area contributed by atoms with Crippen LogP contribution in [0.25, 0.3) is 0 Å². The highest BCUT2D eigenvalue weighted by molar-refractivity contribution is 8.01. The van der Waals surface area contributed by atoms with Crippen molar-refractivity contribution in [2.24, 2.45) is 0 Å². The number of fused-ring (bicyclic) bond motifs is 1. The van der Waals surface area contributed by atoms with Gasteiger partial charge in [-0.15, -0.1) is 10.2 Å². The van der Waals surface area contributed by atoms with Gasteiger partial charge in [0.1, 0.15) is 11.5 Å². The molecule has 33 heavy (non-hydrogen) atoms. The van der Waals surface area contributed by atoms with Crippen molar-refractivity contribution in [1.82, 2.24) is 10.2 Å². The van der Waals surface area contributed by atoms with Crippen molar-refractivity contribution in [2.45, 2.75) is 29.2 Å². The molecule has 4 rings (SSSR count). The van der Waals surface area contributed by atoms with E-state index in [1.165, 1.54) is 46.6 Å². The summed E-state index contributed by atoms with van der Waals surface area (Å²) in [4.78, 5) is 13.0. The number of hydrogen-bond acceptors (Lipinski definition) is 9. The fourth-order valence-corrected chi connectivity index (χ4v) is 6.35. The molecule has 9 nitrogen and oxygen atoms in total. The van der Waals surface area contributed by atoms with Crippen molar-refractivity contribution in [2.75, 3.05) is 29.0 Å². The third-order valence-corrected chi connectivity index (χ3v) is 8.48. The minimum atomic E-state index is -3.97. The summed E-state index contributed by atoms with van der Waals surface area (Å²) < 4.78 is 40.0. The number of ether oxygens (including phenoxy) is 2. The minimum Gasteiger partial charge on any atom is -0.497 e. The molecular weight excluding hydrogens is 484 g/mol. The molecule has 1 aliphatic rings. The van der Waals surface area contributed by atoms with Crippen LogP contribution in [0.1, 0.15) is 12.5 Å². The van der Waals surface area contributed by atoms with E-state index in [-0.39, 0.29) is 11.4 Å². The Labute approximate surface area is 200 Å². The van der Waals surface area contributed by atoms with E-state index in [1.807, 2.05) is 13.8 Å². The number of carbonyl (C=O) groups excluding carboxylic acids is 1. The number of thioether (sulfide) groups is 1. The van der Waals surface area contributed by atoms with E-state index in [9.17, 15) is 13.2 Å². The van der Waals surface area contributed by atoms with Crippen molar-refractivity contribution in [3.05, 3.63) is 48.0 Å². The second-order valence-corrected chi connectivity index (χ2v) is 11.4. The highest BCUT2D eigenvalue weighted by atomic mass is 32.2. The van der Waals surface area contributed by atoms with E-state index in [1.54, 1.807) is 30.3 Å². The number of nitrogens with zero attached hydrogens (tertiary/aromatic N) is 3. The number of nitrogens with one attached hydrogen (secondary N) is 1. The molecule has 0 saturated heterocycles. The van der Waals surface area contributed by atoms with E-state index in [2.05, 4.69) is 15.5 Å². The number of carbonyl (C=O) groups is 1. The molecule has 12 heteroatoms. The number of aryl methyl sites for hydroxylation is 1. The average Bonchev–Trinajstić information content (AvgIpc) is 3.25. The Hall–Kier alpha value is -2.83. The smallest absolute Gasteiger partial charge is 0.269 e. The van der Waals surface area contributed by atoms with Crippen LogP contribution in [0.2, 0.25) is 0 Å². The minimum absolute atomic E-state index is 0.0853. The van der Waals surface area contributed by atoms with Gasteiger partial charge in [0.25, 0.3) is 15.9 Å². The maximum Gasteiger partial charge on any atom is 0.269 e. The summed E-state index contributed by atoms with van der Waals surface area (Å²) >= 11 is 2.77. The lowest BCUT2D eigenvalue weighted by Gasteiger charge is -2.34. The van der Waals surface area contributed by atoms with E-state index in [0.29, 0.717) is 22.3 Å². The number of rotatable bonds is 7. The summed E-state index contributed by atoms with van der Waals surface area (Å²) in [6, 6.07) is 11.3. The third kappa shape index (κ3) is 4.92. The molecule has 174 valence electrons. The molecule has 3 aromatic rings. The van der Waals surface area contributed by atoms with Gasteiger partial charge in [0, 0.05) is 0 Å². The van der Waals surface area contributed by atoms with Gasteiger partial charge in [0.05, 0.1) is 24.2 Å². The summed E-state index contributed by atoms with van der Waals surface area (Å²) in [6.07, 6.45) is -1.07. The molecule has 1 atom stereocenters. The van der Waals surface area contributed by atoms with Crippen LogP contribution in [-0.2, 0) is 14.8 Å². The van der Waals surface area contributed by atoms with Gasteiger partial charge in [-0.2, -0.15) is 0 Å². The summed E-state index contributed by atoms with van der Waals surface area (Å²) in [5.74, 6) is 1.19. The van der Waals surface area contributed by atoms with Crippen LogP contribution in [0.15, 0.2) is 51.7 Å². The highest BCUT2D eigenvalue weighted by Crippen LogP contribution is 2.38. The van der Waals surface area contributed by atoms with Crippen LogP contribution >= 0.6 is 23.1 Å². The molecule has 1 aliphatic heterocycles. The topological polar surface area (TPSA) is 111 Å². The van der Waals surface area contributed by atoms with E-state index >= 15 is 0 Å². The number of amides is 1. The summed E-state index contributed by atoms with van der Waals surface area (Å²) in [7, 11) is -2.46. The number of methoxy groups -OCH3 is 1. The molecule has 0 unspecified atom stereocenters. The predicted molar refractivity (Wildman–Crippen MR) is 128 cm³/mol. The number of anilines is 2. The second-order valence-electron chi connectivity index (χ2n) is 7.08. The Morgan fingerprint density at radius 2 is 2.03 bits per heavy atom. The lowest BCUT2D eigenvalue weighted by molar-refractivity contribution is -0.122. The second kappa shape index (κ2) is 9.57. The van der Waals surface area contributed by atoms with Crippen LogP contribution in [0, 0.1) is 6.92 Å². The number of sulfonamides is 1. The van der Waals surface area contributed by atoms with Crippen molar-refractivity contribution in [3.63, 3.8) is 0 Å². The molecule has 0 aliphatic carbocycles. The van der Waals surface area contributed by atoms with E-state index in [4.69, 9.17) is 9.47 Å². The molecule has 0 spiro atoms. The van der Waals surface area contributed by atoms with Gasteiger partial charge in [-0.1, -0.05) is 36.1 Å². The van der Waals surface area contributed by atoms with Gasteiger partial charge < -0.3 is 9.47 Å². The molecule has 0 saturated carbocycles. The molecule has 0 radical (unpaired) electrons. The standard InChI is InChI=1S/C21H22N4O5S3/c1-4-31-21-24-23-20(32-21)22-19(26)18-12-25(16-11-13(2)5-10-17(16)30-18)33(27,28)15-8-6-14(29-3)7-9-15/h5-11,18H,4,12H2,1-3H3,(H,22,23,26)/t18-/m0/s1. The van der Waals surface area contributed by atoms with Crippen molar-refractivity contribution in [3.8, 4) is 11.5 Å². The zero-order valence-corrected chi connectivity index (χ0v) is 20.6. The van der Waals surface area contributed by atoms with E-state index < -0.39 is 22.0 Å². The zero-order chi connectivity index (χ0) is 23.6. The Kier molecular flexibility index (Phi) is 6.77.